The van der Waals surface area contributed by atoms with Crippen molar-refractivity contribution in [3.05, 3.63) is 69.9 Å². The molecule has 2 aromatic carbocycles. The van der Waals surface area contributed by atoms with Gasteiger partial charge in [0.2, 0.25) is 10.0 Å². The molecule has 0 aliphatic carbocycles. The van der Waals surface area contributed by atoms with Gasteiger partial charge in [0.05, 0.1) is 15.4 Å². The van der Waals surface area contributed by atoms with Crippen LogP contribution in [0.15, 0.2) is 53.6 Å². The van der Waals surface area contributed by atoms with Gasteiger partial charge in [-0.25, -0.2) is 8.42 Å². The summed E-state index contributed by atoms with van der Waals surface area (Å²) in [4.78, 5) is 26.2. The Morgan fingerprint density at radius 2 is 1.80 bits per heavy atom. The normalized spacial score (nSPS) is 11.7. The van der Waals surface area contributed by atoms with Crippen LogP contribution in [0.5, 0.6) is 0 Å². The zero-order valence-electron chi connectivity index (χ0n) is 16.6. The van der Waals surface area contributed by atoms with Gasteiger partial charge in [0.15, 0.2) is 0 Å². The number of sulfonamides is 1. The van der Waals surface area contributed by atoms with E-state index in [-0.39, 0.29) is 23.0 Å². The molecule has 9 nitrogen and oxygen atoms in total. The van der Waals surface area contributed by atoms with Crippen LogP contribution in [0.2, 0.25) is 0 Å². The summed E-state index contributed by atoms with van der Waals surface area (Å²) in [5.41, 5.74) is 1.56. The minimum atomic E-state index is -3.53. The van der Waals surface area contributed by atoms with Crippen molar-refractivity contribution in [1.82, 2.24) is 14.6 Å². The van der Waals surface area contributed by atoms with E-state index in [0.717, 1.165) is 5.56 Å². The number of aromatic amines is 1. The number of rotatable bonds is 8. The van der Waals surface area contributed by atoms with Crippen LogP contribution in [0.4, 0.5) is 5.69 Å². The van der Waals surface area contributed by atoms with Gasteiger partial charge in [0.25, 0.3) is 11.6 Å². The summed E-state index contributed by atoms with van der Waals surface area (Å²) in [6.07, 6.45) is 1.50. The molecule has 158 valence electrons. The van der Waals surface area contributed by atoms with E-state index in [2.05, 4.69) is 10.3 Å². The van der Waals surface area contributed by atoms with Gasteiger partial charge in [-0.15, -0.1) is 0 Å². The Hall–Kier alpha value is -3.24. The van der Waals surface area contributed by atoms with Crippen molar-refractivity contribution < 1.29 is 18.1 Å². The van der Waals surface area contributed by atoms with Crippen molar-refractivity contribution in [1.29, 1.82) is 0 Å². The van der Waals surface area contributed by atoms with Crippen molar-refractivity contribution in [2.24, 2.45) is 0 Å². The van der Waals surface area contributed by atoms with Gasteiger partial charge in [-0.05, 0) is 23.8 Å². The number of non-ortho nitro benzene ring substituents is 1. The first-order valence-electron chi connectivity index (χ1n) is 9.40. The van der Waals surface area contributed by atoms with Crippen LogP contribution in [0.1, 0.15) is 29.8 Å². The van der Waals surface area contributed by atoms with Gasteiger partial charge in [-0.3, -0.25) is 14.9 Å². The van der Waals surface area contributed by atoms with E-state index in [4.69, 9.17) is 0 Å². The van der Waals surface area contributed by atoms with Crippen molar-refractivity contribution >= 4 is 32.5 Å². The van der Waals surface area contributed by atoms with Crippen LogP contribution in [-0.4, -0.2) is 41.6 Å². The second-order valence-electron chi connectivity index (χ2n) is 6.61. The number of nitro benzene ring substituents is 1. The molecule has 1 amide bonds. The lowest BCUT2D eigenvalue weighted by atomic mass is 10.1. The Morgan fingerprint density at radius 3 is 2.40 bits per heavy atom. The number of nitro groups is 1. The van der Waals surface area contributed by atoms with E-state index in [9.17, 15) is 23.3 Å². The number of fused-ring (bicyclic) bond motifs is 1. The number of amides is 1. The molecule has 0 aliphatic heterocycles. The number of carbonyl (C=O) groups is 1. The quantitative estimate of drug-likeness (QED) is 0.420. The average molecular weight is 430 g/mol. The molecule has 1 heterocycles. The number of hydrogen-bond donors (Lipinski definition) is 2. The number of hydrogen-bond acceptors (Lipinski definition) is 5. The van der Waals surface area contributed by atoms with Gasteiger partial charge in [0, 0.05) is 48.9 Å². The summed E-state index contributed by atoms with van der Waals surface area (Å²) in [6.45, 7) is 4.53. The summed E-state index contributed by atoms with van der Waals surface area (Å²) in [5, 5.41) is 14.2. The largest absolute Gasteiger partial charge is 0.360 e. The third-order valence-corrected chi connectivity index (χ3v) is 6.90. The lowest BCUT2D eigenvalue weighted by molar-refractivity contribution is -0.384. The maximum atomic E-state index is 12.6. The van der Waals surface area contributed by atoms with Crippen LogP contribution >= 0.6 is 0 Å². The summed E-state index contributed by atoms with van der Waals surface area (Å²) < 4.78 is 26.4. The number of aromatic nitrogens is 1. The Bertz CT molecular complexity index is 1180. The molecule has 3 rings (SSSR count). The monoisotopic (exact) mass is 430 g/mol. The molecule has 1 aromatic heterocycles. The predicted octanol–water partition coefficient (Wildman–Crippen LogP) is 3.04. The van der Waals surface area contributed by atoms with E-state index in [1.54, 1.807) is 32.0 Å². The Kier molecular flexibility index (Phi) is 6.18. The summed E-state index contributed by atoms with van der Waals surface area (Å²) >= 11 is 0. The lowest BCUT2D eigenvalue weighted by Crippen LogP contribution is -2.30. The van der Waals surface area contributed by atoms with Gasteiger partial charge in [0.1, 0.15) is 0 Å². The Labute approximate surface area is 173 Å². The topological polar surface area (TPSA) is 125 Å². The molecule has 2 N–H and O–H groups in total. The van der Waals surface area contributed by atoms with E-state index >= 15 is 0 Å². The van der Waals surface area contributed by atoms with Gasteiger partial charge < -0.3 is 10.3 Å². The van der Waals surface area contributed by atoms with Crippen molar-refractivity contribution in [3.63, 3.8) is 0 Å². The average Bonchev–Trinajstić information content (AvgIpc) is 3.16. The summed E-state index contributed by atoms with van der Waals surface area (Å²) in [7, 11) is -3.53. The molecule has 0 aliphatic rings. The standard InChI is InChI=1S/C20H22N4O5S/c1-3-23(4-2)30(28,29)16-8-5-14(6-9-16)12-22-20(25)18-13-21-19-10-7-15(24(26)27)11-17(18)19/h5-11,13,21H,3-4,12H2,1-2H3,(H,22,25). The highest BCUT2D eigenvalue weighted by Gasteiger charge is 2.21. The highest BCUT2D eigenvalue weighted by atomic mass is 32.2. The van der Waals surface area contributed by atoms with Crippen molar-refractivity contribution in [2.45, 2.75) is 25.3 Å². The summed E-state index contributed by atoms with van der Waals surface area (Å²) in [6, 6.07) is 10.6. The lowest BCUT2D eigenvalue weighted by Gasteiger charge is -2.18. The maximum Gasteiger partial charge on any atom is 0.270 e. The minimum absolute atomic E-state index is 0.0962. The Balaban J connectivity index is 1.73. The minimum Gasteiger partial charge on any atom is -0.360 e. The fourth-order valence-electron chi connectivity index (χ4n) is 3.18. The smallest absolute Gasteiger partial charge is 0.270 e. The fraction of sp³-hybridized carbons (Fsp3) is 0.250. The second kappa shape index (κ2) is 8.64. The number of nitrogens with one attached hydrogen (secondary N) is 2. The van der Waals surface area contributed by atoms with Gasteiger partial charge in [-0.2, -0.15) is 4.31 Å². The number of benzene rings is 2. The van der Waals surface area contributed by atoms with Crippen molar-refractivity contribution in [2.75, 3.05) is 13.1 Å². The molecule has 10 heteroatoms. The molecule has 30 heavy (non-hydrogen) atoms. The highest BCUT2D eigenvalue weighted by Crippen LogP contribution is 2.24. The molecule has 0 fully saturated rings. The first kappa shape index (κ1) is 21.5. The van der Waals surface area contributed by atoms with E-state index in [1.165, 1.54) is 34.8 Å². The fourth-order valence-corrected chi connectivity index (χ4v) is 4.64. The third-order valence-electron chi connectivity index (χ3n) is 4.84. The first-order valence-corrected chi connectivity index (χ1v) is 10.8. The highest BCUT2D eigenvalue weighted by molar-refractivity contribution is 7.89. The van der Waals surface area contributed by atoms with E-state index in [1.807, 2.05) is 0 Å². The molecule has 0 saturated carbocycles. The van der Waals surface area contributed by atoms with Gasteiger partial charge in [-0.1, -0.05) is 26.0 Å². The molecule has 0 saturated heterocycles. The molecular formula is C20H22N4O5S. The molecule has 0 unspecified atom stereocenters. The van der Waals surface area contributed by atoms with Crippen LogP contribution in [0.25, 0.3) is 10.9 Å². The van der Waals surface area contributed by atoms with Crippen LogP contribution < -0.4 is 5.32 Å². The number of carbonyl (C=O) groups excluding carboxylic acids is 1. The molecule has 0 radical (unpaired) electrons. The zero-order chi connectivity index (χ0) is 21.9. The van der Waals surface area contributed by atoms with E-state index in [0.29, 0.717) is 29.6 Å². The van der Waals surface area contributed by atoms with Crippen LogP contribution in [0.3, 0.4) is 0 Å². The van der Waals surface area contributed by atoms with Crippen LogP contribution in [-0.2, 0) is 16.6 Å². The zero-order valence-corrected chi connectivity index (χ0v) is 17.4. The SMILES string of the molecule is CCN(CC)S(=O)(=O)c1ccc(CNC(=O)c2c[nH]c3ccc([N+](=O)[O-])cc23)cc1. The van der Waals surface area contributed by atoms with Crippen LogP contribution in [0, 0.1) is 10.1 Å². The molecular weight excluding hydrogens is 408 g/mol. The molecule has 0 spiro atoms. The summed E-state index contributed by atoms with van der Waals surface area (Å²) in [5.74, 6) is -0.387. The Morgan fingerprint density at radius 1 is 1.13 bits per heavy atom. The van der Waals surface area contributed by atoms with Gasteiger partial charge >= 0.3 is 0 Å². The van der Waals surface area contributed by atoms with Crippen molar-refractivity contribution in [3.8, 4) is 0 Å². The molecule has 0 atom stereocenters. The molecule has 3 aromatic rings. The number of H-pyrrole nitrogens is 1. The number of nitrogens with zero attached hydrogens (tertiary/aromatic N) is 2. The van der Waals surface area contributed by atoms with E-state index < -0.39 is 14.9 Å². The molecule has 0 bridgehead atoms. The second-order valence-corrected chi connectivity index (χ2v) is 8.54. The third kappa shape index (κ3) is 4.19. The predicted molar refractivity (Wildman–Crippen MR) is 113 cm³/mol. The first-order chi connectivity index (χ1) is 14.3. The maximum absolute atomic E-state index is 12.6.